The van der Waals surface area contributed by atoms with Gasteiger partial charge in [0.2, 0.25) is 5.91 Å². The molecule has 0 fully saturated rings. The van der Waals surface area contributed by atoms with Gasteiger partial charge in [-0.2, -0.15) is 0 Å². The van der Waals surface area contributed by atoms with E-state index in [9.17, 15) is 9.59 Å². The van der Waals surface area contributed by atoms with Gasteiger partial charge in [0.25, 0.3) is 0 Å². The summed E-state index contributed by atoms with van der Waals surface area (Å²) in [6, 6.07) is 8.30. The Labute approximate surface area is 137 Å². The van der Waals surface area contributed by atoms with Crippen molar-refractivity contribution in [3.05, 3.63) is 35.4 Å². The normalized spacial score (nSPS) is 14.0. The van der Waals surface area contributed by atoms with Crippen LogP contribution < -0.4 is 10.6 Å². The molecule has 1 aromatic rings. The maximum Gasteiger partial charge on any atom is 0.314 e. The average molecular weight is 318 g/mol. The van der Waals surface area contributed by atoms with E-state index in [-0.39, 0.29) is 11.9 Å². The summed E-state index contributed by atoms with van der Waals surface area (Å²) in [5, 5.41) is 5.55. The van der Waals surface area contributed by atoms with Crippen molar-refractivity contribution >= 4 is 11.9 Å². The molecule has 0 radical (unpaired) electrons. The summed E-state index contributed by atoms with van der Waals surface area (Å²) < 4.78 is 0. The molecular formula is C17H26N4O2. The minimum atomic E-state index is -0.214. The van der Waals surface area contributed by atoms with Crippen molar-refractivity contribution in [1.82, 2.24) is 20.4 Å². The van der Waals surface area contributed by atoms with Gasteiger partial charge in [-0.3, -0.25) is 9.69 Å². The first-order valence-corrected chi connectivity index (χ1v) is 8.07. The molecule has 1 aromatic carbocycles. The van der Waals surface area contributed by atoms with Gasteiger partial charge in [0.15, 0.2) is 0 Å². The van der Waals surface area contributed by atoms with Gasteiger partial charge >= 0.3 is 6.03 Å². The largest absolute Gasteiger partial charge is 0.349 e. The topological polar surface area (TPSA) is 64.7 Å². The molecule has 0 saturated carbocycles. The van der Waals surface area contributed by atoms with Crippen LogP contribution in [0.1, 0.15) is 17.5 Å². The number of amides is 3. The second-order valence-electron chi connectivity index (χ2n) is 6.02. The number of nitrogens with zero attached hydrogens (tertiary/aromatic N) is 2. The molecule has 2 rings (SSSR count). The highest BCUT2D eigenvalue weighted by Gasteiger charge is 2.15. The summed E-state index contributed by atoms with van der Waals surface area (Å²) in [5.74, 6) is 0.0114. The van der Waals surface area contributed by atoms with Crippen LogP contribution in [0.25, 0.3) is 0 Å². The van der Waals surface area contributed by atoms with Gasteiger partial charge in [-0.1, -0.05) is 24.3 Å². The molecule has 1 heterocycles. The Morgan fingerprint density at radius 3 is 2.57 bits per heavy atom. The van der Waals surface area contributed by atoms with Crippen molar-refractivity contribution in [3.8, 4) is 0 Å². The Bertz CT molecular complexity index is 545. The molecule has 6 heteroatoms. The number of urea groups is 1. The van der Waals surface area contributed by atoms with Crippen LogP contribution >= 0.6 is 0 Å². The van der Waals surface area contributed by atoms with Crippen LogP contribution in [-0.4, -0.2) is 62.0 Å². The average Bonchev–Trinajstić information content (AvgIpc) is 2.54. The lowest BCUT2D eigenvalue weighted by Crippen LogP contribution is -2.42. The lowest BCUT2D eigenvalue weighted by molar-refractivity contribution is -0.128. The first-order valence-electron chi connectivity index (χ1n) is 8.07. The van der Waals surface area contributed by atoms with Crippen LogP contribution in [0.15, 0.2) is 24.3 Å². The predicted molar refractivity (Wildman–Crippen MR) is 90.1 cm³/mol. The summed E-state index contributed by atoms with van der Waals surface area (Å²) in [5.41, 5.74) is 2.81. The lowest BCUT2D eigenvalue weighted by Gasteiger charge is -2.28. The minimum absolute atomic E-state index is 0.0114. The highest BCUT2D eigenvalue weighted by atomic mass is 16.2. The van der Waals surface area contributed by atoms with Crippen molar-refractivity contribution < 1.29 is 9.59 Å². The maximum absolute atomic E-state index is 11.7. The number of nitrogens with one attached hydrogen (secondary N) is 2. The number of rotatable bonds is 6. The number of fused-ring (bicyclic) bond motifs is 1. The first kappa shape index (κ1) is 17.3. The molecule has 0 bridgehead atoms. The van der Waals surface area contributed by atoms with Crippen LogP contribution in [0.2, 0.25) is 0 Å². The SMILES string of the molecule is CN(C)C(=O)CCNC(=O)NCCN1CCc2ccccc2C1. The van der Waals surface area contributed by atoms with E-state index >= 15 is 0 Å². The monoisotopic (exact) mass is 318 g/mol. The van der Waals surface area contributed by atoms with Crippen molar-refractivity contribution in [3.63, 3.8) is 0 Å². The third-order valence-corrected chi connectivity index (χ3v) is 4.05. The van der Waals surface area contributed by atoms with Gasteiger partial charge in [-0.05, 0) is 17.5 Å². The van der Waals surface area contributed by atoms with Crippen molar-refractivity contribution in [1.29, 1.82) is 0 Å². The van der Waals surface area contributed by atoms with E-state index in [0.717, 1.165) is 26.1 Å². The van der Waals surface area contributed by atoms with Gasteiger partial charge in [0.1, 0.15) is 0 Å². The molecule has 0 spiro atoms. The number of carbonyl (C=O) groups is 2. The Morgan fingerprint density at radius 2 is 1.83 bits per heavy atom. The lowest BCUT2D eigenvalue weighted by atomic mass is 10.00. The maximum atomic E-state index is 11.7. The van der Waals surface area contributed by atoms with E-state index in [2.05, 4.69) is 39.8 Å². The van der Waals surface area contributed by atoms with Crippen LogP contribution in [0.3, 0.4) is 0 Å². The van der Waals surface area contributed by atoms with Crippen molar-refractivity contribution in [2.75, 3.05) is 40.3 Å². The van der Waals surface area contributed by atoms with Crippen LogP contribution in [-0.2, 0) is 17.8 Å². The fraction of sp³-hybridized carbons (Fsp3) is 0.529. The fourth-order valence-corrected chi connectivity index (χ4v) is 2.64. The Kier molecular flexibility index (Phi) is 6.40. The van der Waals surface area contributed by atoms with Crippen LogP contribution in [0.5, 0.6) is 0 Å². The summed E-state index contributed by atoms with van der Waals surface area (Å²) in [4.78, 5) is 26.9. The number of benzene rings is 1. The second-order valence-corrected chi connectivity index (χ2v) is 6.02. The van der Waals surface area contributed by atoms with E-state index in [1.165, 1.54) is 16.0 Å². The summed E-state index contributed by atoms with van der Waals surface area (Å²) in [6.45, 7) is 3.77. The zero-order chi connectivity index (χ0) is 16.7. The third kappa shape index (κ3) is 5.56. The van der Waals surface area contributed by atoms with Crippen LogP contribution in [0, 0.1) is 0 Å². The molecule has 0 saturated heterocycles. The van der Waals surface area contributed by atoms with E-state index in [1.54, 1.807) is 14.1 Å². The van der Waals surface area contributed by atoms with Crippen molar-refractivity contribution in [2.45, 2.75) is 19.4 Å². The predicted octanol–water partition coefficient (Wildman–Crippen LogP) is 0.822. The second kappa shape index (κ2) is 8.53. The number of hydrogen-bond acceptors (Lipinski definition) is 3. The molecule has 126 valence electrons. The van der Waals surface area contributed by atoms with E-state index in [0.29, 0.717) is 19.5 Å². The Morgan fingerprint density at radius 1 is 1.13 bits per heavy atom. The molecule has 0 unspecified atom stereocenters. The Balaban J connectivity index is 1.60. The molecular weight excluding hydrogens is 292 g/mol. The van der Waals surface area contributed by atoms with Gasteiger partial charge < -0.3 is 15.5 Å². The van der Waals surface area contributed by atoms with E-state index < -0.39 is 0 Å². The molecule has 3 amide bonds. The highest BCUT2D eigenvalue weighted by Crippen LogP contribution is 2.17. The van der Waals surface area contributed by atoms with Crippen LogP contribution in [0.4, 0.5) is 4.79 Å². The smallest absolute Gasteiger partial charge is 0.314 e. The standard InChI is InChI=1S/C17H26N4O2/c1-20(2)16(22)7-9-18-17(23)19-10-12-21-11-8-14-5-3-4-6-15(14)13-21/h3-6H,7-13H2,1-2H3,(H2,18,19,23). The quantitative estimate of drug-likeness (QED) is 0.816. The number of hydrogen-bond donors (Lipinski definition) is 2. The van der Waals surface area contributed by atoms with Gasteiger partial charge in [0.05, 0.1) is 0 Å². The molecule has 0 atom stereocenters. The van der Waals surface area contributed by atoms with E-state index in [1.807, 2.05) is 0 Å². The van der Waals surface area contributed by atoms with Crippen molar-refractivity contribution in [2.24, 2.45) is 0 Å². The fourth-order valence-electron chi connectivity index (χ4n) is 2.64. The van der Waals surface area contributed by atoms with Gasteiger partial charge in [0, 0.05) is 53.2 Å². The Hall–Kier alpha value is -2.08. The molecule has 0 aliphatic carbocycles. The third-order valence-electron chi connectivity index (χ3n) is 4.05. The highest BCUT2D eigenvalue weighted by molar-refractivity contribution is 5.77. The number of carbonyl (C=O) groups excluding carboxylic acids is 2. The molecule has 1 aliphatic heterocycles. The molecule has 6 nitrogen and oxygen atoms in total. The summed E-state index contributed by atoms with van der Waals surface area (Å²) in [7, 11) is 3.42. The summed E-state index contributed by atoms with van der Waals surface area (Å²) >= 11 is 0. The molecule has 1 aliphatic rings. The summed E-state index contributed by atoms with van der Waals surface area (Å²) in [6.07, 6.45) is 1.39. The molecule has 23 heavy (non-hydrogen) atoms. The first-order chi connectivity index (χ1) is 11.1. The van der Waals surface area contributed by atoms with Gasteiger partial charge in [-0.25, -0.2) is 4.79 Å². The zero-order valence-electron chi connectivity index (χ0n) is 14.0. The van der Waals surface area contributed by atoms with E-state index in [4.69, 9.17) is 0 Å². The zero-order valence-corrected chi connectivity index (χ0v) is 14.0. The molecule has 2 N–H and O–H groups in total. The van der Waals surface area contributed by atoms with Gasteiger partial charge in [-0.15, -0.1) is 0 Å². The molecule has 0 aromatic heterocycles. The minimum Gasteiger partial charge on any atom is -0.349 e.